The number of thiophene rings is 1. The first-order valence-corrected chi connectivity index (χ1v) is 10.7. The van der Waals surface area contributed by atoms with Crippen molar-refractivity contribution < 1.29 is 14.5 Å². The molecule has 0 aliphatic heterocycles. The first kappa shape index (κ1) is 22.4. The zero-order chi connectivity index (χ0) is 22.8. The third kappa shape index (κ3) is 5.46. The van der Waals surface area contributed by atoms with Crippen LogP contribution in [0.1, 0.15) is 40.2 Å². The highest BCUT2D eigenvalue weighted by atomic mass is 32.1. The minimum absolute atomic E-state index is 0.0516. The summed E-state index contributed by atoms with van der Waals surface area (Å²) in [6, 6.07) is 11.1. The van der Waals surface area contributed by atoms with Gasteiger partial charge in [-0.05, 0) is 62.6 Å². The van der Waals surface area contributed by atoms with Crippen molar-refractivity contribution in [2.24, 2.45) is 0 Å². The lowest BCUT2D eigenvalue weighted by Gasteiger charge is -2.29. The molecular weight excluding hydrogens is 414 g/mol. The number of benzene rings is 1. The normalized spacial score (nSPS) is 11.8. The standard InChI is InChI=1S/C23H25N3O4S/c1-22(2,3)30-21(27)25-23(4,5)17-8-6-15(7-9-17)20-19(16-10-11-31-14-16)12-18(13-24-20)26(28)29/h6-14H,1-5H3,(H,25,27). The van der Waals surface area contributed by atoms with Crippen LogP contribution in [-0.4, -0.2) is 21.6 Å². The number of ether oxygens (including phenoxy) is 1. The largest absolute Gasteiger partial charge is 0.444 e. The van der Waals surface area contributed by atoms with Crippen molar-refractivity contribution in [3.05, 3.63) is 69.0 Å². The van der Waals surface area contributed by atoms with Crippen LogP contribution in [0.25, 0.3) is 22.4 Å². The molecule has 1 N–H and O–H groups in total. The summed E-state index contributed by atoms with van der Waals surface area (Å²) < 4.78 is 5.36. The monoisotopic (exact) mass is 439 g/mol. The Labute approximate surface area is 185 Å². The van der Waals surface area contributed by atoms with Gasteiger partial charge in [-0.3, -0.25) is 10.1 Å². The number of hydrogen-bond acceptors (Lipinski definition) is 6. The van der Waals surface area contributed by atoms with E-state index in [1.54, 1.807) is 6.07 Å². The lowest BCUT2D eigenvalue weighted by atomic mass is 9.92. The molecule has 0 radical (unpaired) electrons. The van der Waals surface area contributed by atoms with Crippen molar-refractivity contribution in [2.75, 3.05) is 0 Å². The summed E-state index contributed by atoms with van der Waals surface area (Å²) >= 11 is 1.52. The van der Waals surface area contributed by atoms with E-state index in [0.29, 0.717) is 11.3 Å². The molecule has 2 heterocycles. The number of alkyl carbamates (subject to hydrolysis) is 1. The Morgan fingerprint density at radius 2 is 1.77 bits per heavy atom. The number of nitrogens with zero attached hydrogens (tertiary/aromatic N) is 2. The Balaban J connectivity index is 1.91. The number of amides is 1. The minimum atomic E-state index is -0.653. The first-order chi connectivity index (χ1) is 14.5. The van der Waals surface area contributed by atoms with Crippen LogP contribution < -0.4 is 5.32 Å². The number of rotatable bonds is 5. The lowest BCUT2D eigenvalue weighted by molar-refractivity contribution is -0.385. The van der Waals surface area contributed by atoms with Gasteiger partial charge in [0.1, 0.15) is 11.8 Å². The fourth-order valence-corrected chi connectivity index (χ4v) is 3.75. The Hall–Kier alpha value is -3.26. The van der Waals surface area contributed by atoms with Crippen molar-refractivity contribution in [1.29, 1.82) is 0 Å². The molecule has 3 aromatic rings. The smallest absolute Gasteiger partial charge is 0.408 e. The third-order valence-corrected chi connectivity index (χ3v) is 5.29. The number of carbonyl (C=O) groups is 1. The van der Waals surface area contributed by atoms with E-state index in [9.17, 15) is 14.9 Å². The maximum absolute atomic E-state index is 12.2. The van der Waals surface area contributed by atoms with Crippen LogP contribution in [0.2, 0.25) is 0 Å². The van der Waals surface area contributed by atoms with Crippen LogP contribution in [0, 0.1) is 10.1 Å². The van der Waals surface area contributed by atoms with Gasteiger partial charge in [-0.25, -0.2) is 9.78 Å². The SMILES string of the molecule is CC(C)(C)OC(=O)NC(C)(C)c1ccc(-c2ncc([N+](=O)[O-])cc2-c2ccsc2)cc1. The topological polar surface area (TPSA) is 94.4 Å². The van der Waals surface area contributed by atoms with Gasteiger partial charge >= 0.3 is 6.09 Å². The predicted octanol–water partition coefficient (Wildman–Crippen LogP) is 6.15. The van der Waals surface area contributed by atoms with Gasteiger partial charge in [-0.15, -0.1) is 0 Å². The molecule has 31 heavy (non-hydrogen) atoms. The molecule has 162 valence electrons. The highest BCUT2D eigenvalue weighted by Gasteiger charge is 2.26. The Morgan fingerprint density at radius 1 is 1.10 bits per heavy atom. The Bertz CT molecular complexity index is 1090. The Morgan fingerprint density at radius 3 is 2.32 bits per heavy atom. The summed E-state index contributed by atoms with van der Waals surface area (Å²) in [4.78, 5) is 27.4. The summed E-state index contributed by atoms with van der Waals surface area (Å²) in [6.07, 6.45) is 0.783. The molecule has 0 aliphatic carbocycles. The van der Waals surface area contributed by atoms with Gasteiger partial charge in [0.15, 0.2) is 0 Å². The molecule has 0 spiro atoms. The van der Waals surface area contributed by atoms with Gasteiger partial charge in [-0.2, -0.15) is 11.3 Å². The van der Waals surface area contributed by atoms with Crippen LogP contribution >= 0.6 is 11.3 Å². The van der Waals surface area contributed by atoms with Crippen LogP contribution in [-0.2, 0) is 10.3 Å². The molecule has 1 aromatic carbocycles. The van der Waals surface area contributed by atoms with Crippen molar-refractivity contribution in [3.63, 3.8) is 0 Å². The molecule has 1 amide bonds. The summed E-state index contributed by atoms with van der Waals surface area (Å²) in [5, 5.41) is 18.0. The van der Waals surface area contributed by atoms with Crippen molar-refractivity contribution >= 4 is 23.1 Å². The van der Waals surface area contributed by atoms with Crippen molar-refractivity contribution in [3.8, 4) is 22.4 Å². The van der Waals surface area contributed by atoms with Crippen LogP contribution in [0.4, 0.5) is 10.5 Å². The zero-order valence-electron chi connectivity index (χ0n) is 18.1. The lowest BCUT2D eigenvalue weighted by Crippen LogP contribution is -2.43. The molecule has 2 aromatic heterocycles. The second-order valence-corrected chi connectivity index (χ2v) is 9.47. The second-order valence-electron chi connectivity index (χ2n) is 8.69. The Kier molecular flexibility index (Phi) is 6.13. The molecule has 0 unspecified atom stereocenters. The zero-order valence-corrected chi connectivity index (χ0v) is 18.9. The number of aromatic nitrogens is 1. The molecule has 0 fully saturated rings. The number of nitro groups is 1. The predicted molar refractivity (Wildman–Crippen MR) is 122 cm³/mol. The van der Waals surface area contributed by atoms with E-state index in [1.165, 1.54) is 17.5 Å². The van der Waals surface area contributed by atoms with Gasteiger partial charge < -0.3 is 10.1 Å². The maximum atomic E-state index is 12.2. The second kappa shape index (κ2) is 8.47. The fourth-order valence-electron chi connectivity index (χ4n) is 3.10. The van der Waals surface area contributed by atoms with Crippen molar-refractivity contribution in [2.45, 2.75) is 45.8 Å². The molecule has 0 aliphatic rings. The fraction of sp³-hybridized carbons (Fsp3) is 0.304. The minimum Gasteiger partial charge on any atom is -0.444 e. The van der Waals surface area contributed by atoms with E-state index < -0.39 is 22.2 Å². The molecule has 0 saturated carbocycles. The third-order valence-electron chi connectivity index (χ3n) is 4.61. The molecule has 7 nitrogen and oxygen atoms in total. The van der Waals surface area contributed by atoms with E-state index in [2.05, 4.69) is 10.3 Å². The van der Waals surface area contributed by atoms with E-state index >= 15 is 0 Å². The average Bonchev–Trinajstić information content (AvgIpc) is 3.20. The highest BCUT2D eigenvalue weighted by molar-refractivity contribution is 7.08. The molecule has 3 rings (SSSR count). The van der Waals surface area contributed by atoms with Crippen molar-refractivity contribution in [1.82, 2.24) is 10.3 Å². The van der Waals surface area contributed by atoms with E-state index in [0.717, 1.165) is 16.7 Å². The van der Waals surface area contributed by atoms with E-state index in [-0.39, 0.29) is 5.69 Å². The van der Waals surface area contributed by atoms with Gasteiger partial charge in [-0.1, -0.05) is 24.3 Å². The average molecular weight is 440 g/mol. The maximum Gasteiger partial charge on any atom is 0.408 e. The number of pyridine rings is 1. The van der Waals surface area contributed by atoms with Gasteiger partial charge in [0, 0.05) is 17.2 Å². The van der Waals surface area contributed by atoms with Gasteiger partial charge in [0.05, 0.1) is 16.2 Å². The number of nitrogens with one attached hydrogen (secondary N) is 1. The van der Waals surface area contributed by atoms with E-state index in [4.69, 9.17) is 4.74 Å². The summed E-state index contributed by atoms with van der Waals surface area (Å²) in [6.45, 7) is 9.24. The molecule has 8 heteroatoms. The molecule has 0 bridgehead atoms. The van der Waals surface area contributed by atoms with Crippen LogP contribution in [0.5, 0.6) is 0 Å². The summed E-state index contributed by atoms with van der Waals surface area (Å²) in [7, 11) is 0. The molecule has 0 saturated heterocycles. The molecule has 0 atom stereocenters. The van der Waals surface area contributed by atoms with Gasteiger partial charge in [0.25, 0.3) is 5.69 Å². The van der Waals surface area contributed by atoms with Crippen LogP contribution in [0.3, 0.4) is 0 Å². The molecular formula is C23H25N3O4S. The summed E-state index contributed by atoms with van der Waals surface area (Å²) in [5.74, 6) is 0. The van der Waals surface area contributed by atoms with E-state index in [1.807, 2.05) is 75.7 Å². The summed E-state index contributed by atoms with van der Waals surface area (Å²) in [5.41, 5.74) is 2.68. The quantitative estimate of drug-likeness (QED) is 0.380. The number of carbonyl (C=O) groups excluding carboxylic acids is 1. The van der Waals surface area contributed by atoms with Crippen LogP contribution in [0.15, 0.2) is 53.4 Å². The van der Waals surface area contributed by atoms with Gasteiger partial charge in [0.2, 0.25) is 0 Å². The first-order valence-electron chi connectivity index (χ1n) is 9.75. The number of hydrogen-bond donors (Lipinski definition) is 1. The highest BCUT2D eigenvalue weighted by Crippen LogP contribution is 2.35.